The van der Waals surface area contributed by atoms with Gasteiger partial charge in [-0.2, -0.15) is 5.26 Å². The molecule has 1 aliphatic heterocycles. The van der Waals surface area contributed by atoms with E-state index in [9.17, 15) is 4.79 Å². The smallest absolute Gasteiger partial charge is 0.222 e. The quantitative estimate of drug-likeness (QED) is 0.800. The molecule has 1 fully saturated rings. The Morgan fingerprint density at radius 1 is 1.33 bits per heavy atom. The zero-order valence-electron chi connectivity index (χ0n) is 10.4. The standard InChI is InChI=1S/C14H17N3O/c15-10-13-12(6-5-8-16-13)11-17-9-4-2-1-3-7-14(17)18/h5-6,8H,1-4,7,9,11H2. The third kappa shape index (κ3) is 3.07. The first-order valence-corrected chi connectivity index (χ1v) is 6.43. The molecule has 0 atom stereocenters. The van der Waals surface area contributed by atoms with E-state index in [0.29, 0.717) is 18.7 Å². The first-order chi connectivity index (χ1) is 8.81. The van der Waals surface area contributed by atoms with Gasteiger partial charge >= 0.3 is 0 Å². The Hall–Kier alpha value is -1.89. The molecule has 2 rings (SSSR count). The number of amides is 1. The highest BCUT2D eigenvalue weighted by Gasteiger charge is 2.17. The highest BCUT2D eigenvalue weighted by Crippen LogP contribution is 2.15. The van der Waals surface area contributed by atoms with Crippen molar-refractivity contribution in [2.75, 3.05) is 6.54 Å². The fourth-order valence-electron chi connectivity index (χ4n) is 2.25. The molecule has 4 heteroatoms. The van der Waals surface area contributed by atoms with Gasteiger partial charge in [0.15, 0.2) is 0 Å². The highest BCUT2D eigenvalue weighted by atomic mass is 16.2. The number of nitrogens with zero attached hydrogens (tertiary/aromatic N) is 3. The number of hydrogen-bond donors (Lipinski definition) is 0. The van der Waals surface area contributed by atoms with E-state index in [1.165, 1.54) is 6.42 Å². The molecule has 0 spiro atoms. The lowest BCUT2D eigenvalue weighted by molar-refractivity contribution is -0.132. The van der Waals surface area contributed by atoms with Crippen LogP contribution in [0.1, 0.15) is 43.4 Å². The van der Waals surface area contributed by atoms with Crippen molar-refractivity contribution in [2.24, 2.45) is 0 Å². The van der Waals surface area contributed by atoms with Crippen molar-refractivity contribution < 1.29 is 4.79 Å². The summed E-state index contributed by atoms with van der Waals surface area (Å²) in [5.74, 6) is 0.197. The summed E-state index contributed by atoms with van der Waals surface area (Å²) < 4.78 is 0. The third-order valence-corrected chi connectivity index (χ3v) is 3.28. The molecule has 0 aliphatic carbocycles. The largest absolute Gasteiger partial charge is 0.338 e. The highest BCUT2D eigenvalue weighted by molar-refractivity contribution is 5.76. The molecule has 0 radical (unpaired) electrons. The van der Waals surface area contributed by atoms with Gasteiger partial charge in [0.1, 0.15) is 11.8 Å². The summed E-state index contributed by atoms with van der Waals surface area (Å²) in [5.41, 5.74) is 1.27. The average Bonchev–Trinajstić information content (AvgIpc) is 2.39. The molecule has 0 N–H and O–H groups in total. The Labute approximate surface area is 107 Å². The molecule has 18 heavy (non-hydrogen) atoms. The predicted octanol–water partition coefficient (Wildman–Crippen LogP) is 2.25. The van der Waals surface area contributed by atoms with Crippen molar-refractivity contribution in [3.05, 3.63) is 29.6 Å². The number of carbonyl (C=O) groups excluding carboxylic acids is 1. The number of nitriles is 1. The Morgan fingerprint density at radius 2 is 2.17 bits per heavy atom. The van der Waals surface area contributed by atoms with E-state index < -0.39 is 0 Å². The zero-order chi connectivity index (χ0) is 12.8. The normalized spacial score (nSPS) is 16.8. The molecule has 94 valence electrons. The number of hydrogen-bond acceptors (Lipinski definition) is 3. The van der Waals surface area contributed by atoms with Gasteiger partial charge in [-0.15, -0.1) is 0 Å². The van der Waals surface area contributed by atoms with E-state index in [4.69, 9.17) is 5.26 Å². The number of aromatic nitrogens is 1. The molecule has 1 saturated heterocycles. The van der Waals surface area contributed by atoms with Gasteiger partial charge in [0.25, 0.3) is 0 Å². The Bertz CT molecular complexity index is 464. The van der Waals surface area contributed by atoms with Crippen molar-refractivity contribution in [2.45, 2.75) is 38.6 Å². The van der Waals surface area contributed by atoms with Crippen LogP contribution in [0.3, 0.4) is 0 Å². The van der Waals surface area contributed by atoms with Crippen LogP contribution in [0.5, 0.6) is 0 Å². The molecule has 4 nitrogen and oxygen atoms in total. The summed E-state index contributed by atoms with van der Waals surface area (Å²) in [7, 11) is 0. The number of pyridine rings is 1. The molecule has 0 saturated carbocycles. The van der Waals surface area contributed by atoms with Crippen molar-refractivity contribution in [3.8, 4) is 6.07 Å². The van der Waals surface area contributed by atoms with E-state index in [-0.39, 0.29) is 5.91 Å². The maximum absolute atomic E-state index is 12.0. The van der Waals surface area contributed by atoms with Crippen LogP contribution >= 0.6 is 0 Å². The topological polar surface area (TPSA) is 57.0 Å². The van der Waals surface area contributed by atoms with Gasteiger partial charge in [0.2, 0.25) is 5.91 Å². The van der Waals surface area contributed by atoms with Crippen LogP contribution < -0.4 is 0 Å². The van der Waals surface area contributed by atoms with Gasteiger partial charge < -0.3 is 4.90 Å². The number of carbonyl (C=O) groups is 1. The molecule has 1 aliphatic rings. The van der Waals surface area contributed by atoms with Crippen molar-refractivity contribution in [1.82, 2.24) is 9.88 Å². The van der Waals surface area contributed by atoms with Crippen molar-refractivity contribution >= 4 is 5.91 Å². The average molecular weight is 243 g/mol. The van der Waals surface area contributed by atoms with Crippen molar-refractivity contribution in [3.63, 3.8) is 0 Å². The van der Waals surface area contributed by atoms with Gasteiger partial charge in [0.05, 0.1) is 0 Å². The second-order valence-corrected chi connectivity index (χ2v) is 4.60. The molecule has 1 aromatic heterocycles. The SMILES string of the molecule is N#Cc1ncccc1CN1CCCCCCC1=O. The summed E-state index contributed by atoms with van der Waals surface area (Å²) >= 11 is 0. The van der Waals surface area contributed by atoms with Crippen LogP contribution in [0.25, 0.3) is 0 Å². The second kappa shape index (κ2) is 6.15. The predicted molar refractivity (Wildman–Crippen MR) is 67.5 cm³/mol. The van der Waals surface area contributed by atoms with Gasteiger partial charge in [-0.3, -0.25) is 4.79 Å². The first kappa shape index (κ1) is 12.6. The fraction of sp³-hybridized carbons (Fsp3) is 0.500. The fourth-order valence-corrected chi connectivity index (χ4v) is 2.25. The Balaban J connectivity index is 2.11. The van der Waals surface area contributed by atoms with Gasteiger partial charge in [-0.1, -0.05) is 18.9 Å². The molecule has 1 amide bonds. The van der Waals surface area contributed by atoms with E-state index in [1.54, 1.807) is 6.20 Å². The minimum atomic E-state index is 0.197. The van der Waals surface area contributed by atoms with E-state index >= 15 is 0 Å². The maximum Gasteiger partial charge on any atom is 0.222 e. The molecule has 0 unspecified atom stereocenters. The summed E-state index contributed by atoms with van der Waals surface area (Å²) in [6, 6.07) is 5.76. The van der Waals surface area contributed by atoms with Crippen LogP contribution in [-0.4, -0.2) is 22.3 Å². The van der Waals surface area contributed by atoms with Gasteiger partial charge in [-0.25, -0.2) is 4.98 Å². The van der Waals surface area contributed by atoms with Crippen LogP contribution in [0.15, 0.2) is 18.3 Å². The molecule has 0 bridgehead atoms. The second-order valence-electron chi connectivity index (χ2n) is 4.60. The van der Waals surface area contributed by atoms with Crippen LogP contribution in [-0.2, 0) is 11.3 Å². The molecule has 1 aromatic rings. The monoisotopic (exact) mass is 243 g/mol. The van der Waals surface area contributed by atoms with Gasteiger partial charge in [0, 0.05) is 31.3 Å². The molecular formula is C14H17N3O. The zero-order valence-corrected chi connectivity index (χ0v) is 10.4. The van der Waals surface area contributed by atoms with Gasteiger partial charge in [-0.05, 0) is 18.9 Å². The summed E-state index contributed by atoms with van der Waals surface area (Å²) in [4.78, 5) is 17.9. The van der Waals surface area contributed by atoms with E-state index in [2.05, 4.69) is 11.1 Å². The lowest BCUT2D eigenvalue weighted by Gasteiger charge is -2.25. The van der Waals surface area contributed by atoms with Crippen molar-refractivity contribution in [1.29, 1.82) is 5.26 Å². The molecule has 0 aromatic carbocycles. The number of likely N-dealkylation sites (tertiary alicyclic amines) is 1. The summed E-state index contributed by atoms with van der Waals surface area (Å²) in [6.07, 6.45) is 6.60. The first-order valence-electron chi connectivity index (χ1n) is 6.43. The van der Waals surface area contributed by atoms with E-state index in [0.717, 1.165) is 31.4 Å². The minimum Gasteiger partial charge on any atom is -0.338 e. The Morgan fingerprint density at radius 3 is 3.00 bits per heavy atom. The van der Waals surface area contributed by atoms with Crippen LogP contribution in [0, 0.1) is 11.3 Å². The summed E-state index contributed by atoms with van der Waals surface area (Å²) in [5, 5.41) is 9.00. The minimum absolute atomic E-state index is 0.197. The lowest BCUT2D eigenvalue weighted by Crippen LogP contribution is -2.32. The Kier molecular flexibility index (Phi) is 4.30. The lowest BCUT2D eigenvalue weighted by atomic mass is 10.1. The maximum atomic E-state index is 12.0. The van der Waals surface area contributed by atoms with Crippen LogP contribution in [0.4, 0.5) is 0 Å². The third-order valence-electron chi connectivity index (χ3n) is 3.28. The molecule has 2 heterocycles. The molecular weight excluding hydrogens is 226 g/mol. The van der Waals surface area contributed by atoms with E-state index in [1.807, 2.05) is 17.0 Å². The summed E-state index contributed by atoms with van der Waals surface area (Å²) in [6.45, 7) is 1.30. The number of rotatable bonds is 2. The van der Waals surface area contributed by atoms with Crippen LogP contribution in [0.2, 0.25) is 0 Å².